The number of hydrogen-bond donors (Lipinski definition) is 1. The lowest BCUT2D eigenvalue weighted by Crippen LogP contribution is -1.96. The second-order valence-corrected chi connectivity index (χ2v) is 4.87. The fourth-order valence-corrected chi connectivity index (χ4v) is 2.69. The summed E-state index contributed by atoms with van der Waals surface area (Å²) in [7, 11) is 1.73. The number of aromatic amines is 1. The van der Waals surface area contributed by atoms with Crippen molar-refractivity contribution in [2.45, 2.75) is 45.4 Å². The van der Waals surface area contributed by atoms with Crippen LogP contribution in [-0.2, 0) is 0 Å². The minimum atomic E-state index is 0.658. The summed E-state index contributed by atoms with van der Waals surface area (Å²) in [6.07, 6.45) is 7.20. The summed E-state index contributed by atoms with van der Waals surface area (Å²) in [5.74, 6) is 1.59. The van der Waals surface area contributed by atoms with Gasteiger partial charge in [0, 0.05) is 11.6 Å². The van der Waals surface area contributed by atoms with Crippen LogP contribution in [0.4, 0.5) is 0 Å². The molecule has 98 valence electrons. The van der Waals surface area contributed by atoms with Gasteiger partial charge in [0.05, 0.1) is 12.6 Å². The van der Waals surface area contributed by atoms with E-state index in [0.29, 0.717) is 5.92 Å². The molecule has 2 rings (SSSR count). The number of rotatable bonds is 6. The van der Waals surface area contributed by atoms with Gasteiger partial charge in [0.25, 0.3) is 0 Å². The molecule has 0 amide bonds. The Bertz CT molecular complexity index is 501. The first-order valence-electron chi connectivity index (χ1n) is 6.95. The van der Waals surface area contributed by atoms with E-state index in [1.54, 1.807) is 7.11 Å². The number of ether oxygens (including phenoxy) is 1. The fourth-order valence-electron chi connectivity index (χ4n) is 2.69. The van der Waals surface area contributed by atoms with Gasteiger partial charge in [-0.05, 0) is 30.4 Å². The Morgan fingerprint density at radius 3 is 2.78 bits per heavy atom. The molecule has 18 heavy (non-hydrogen) atoms. The van der Waals surface area contributed by atoms with Crippen LogP contribution in [0.15, 0.2) is 24.4 Å². The highest BCUT2D eigenvalue weighted by Crippen LogP contribution is 2.34. The van der Waals surface area contributed by atoms with E-state index in [1.165, 1.54) is 36.6 Å². The molecule has 0 aliphatic rings. The second-order valence-electron chi connectivity index (χ2n) is 4.87. The molecule has 2 nitrogen and oxygen atoms in total. The molecule has 0 bridgehead atoms. The lowest BCUT2D eigenvalue weighted by atomic mass is 9.91. The zero-order valence-electron chi connectivity index (χ0n) is 11.6. The molecule has 0 saturated carbocycles. The van der Waals surface area contributed by atoms with Crippen molar-refractivity contribution in [3.05, 3.63) is 30.0 Å². The number of nitrogens with one attached hydrogen (secondary N) is 1. The van der Waals surface area contributed by atoms with Gasteiger partial charge in [-0.1, -0.05) is 38.8 Å². The maximum Gasteiger partial charge on any atom is 0.142 e. The number of para-hydroxylation sites is 1. The Hall–Kier alpha value is -1.44. The summed E-state index contributed by atoms with van der Waals surface area (Å²) in [6, 6.07) is 6.28. The Morgan fingerprint density at radius 2 is 2.11 bits per heavy atom. The van der Waals surface area contributed by atoms with Crippen molar-refractivity contribution in [1.82, 2.24) is 4.98 Å². The highest BCUT2D eigenvalue weighted by Gasteiger charge is 2.15. The van der Waals surface area contributed by atoms with Crippen LogP contribution in [0.1, 0.15) is 51.0 Å². The molecule has 0 spiro atoms. The van der Waals surface area contributed by atoms with Crippen LogP contribution in [0.25, 0.3) is 10.9 Å². The van der Waals surface area contributed by atoms with Crippen LogP contribution >= 0.6 is 0 Å². The molecule has 2 heteroatoms. The molecule has 1 unspecified atom stereocenters. The van der Waals surface area contributed by atoms with Crippen molar-refractivity contribution in [3.63, 3.8) is 0 Å². The summed E-state index contributed by atoms with van der Waals surface area (Å²) in [5, 5.41) is 1.32. The molecule has 1 atom stereocenters. The van der Waals surface area contributed by atoms with Gasteiger partial charge in [-0.15, -0.1) is 0 Å². The number of hydrogen-bond acceptors (Lipinski definition) is 1. The van der Waals surface area contributed by atoms with E-state index in [2.05, 4.69) is 37.2 Å². The smallest absolute Gasteiger partial charge is 0.142 e. The minimum Gasteiger partial charge on any atom is -0.495 e. The highest BCUT2D eigenvalue weighted by atomic mass is 16.5. The third-order valence-electron chi connectivity index (χ3n) is 3.77. The summed E-state index contributed by atoms with van der Waals surface area (Å²) in [4.78, 5) is 3.37. The molecule has 0 aliphatic heterocycles. The maximum absolute atomic E-state index is 5.40. The Kier molecular flexibility index (Phi) is 4.29. The van der Waals surface area contributed by atoms with Crippen molar-refractivity contribution < 1.29 is 4.74 Å². The third-order valence-corrected chi connectivity index (χ3v) is 3.77. The van der Waals surface area contributed by atoms with Crippen LogP contribution in [-0.4, -0.2) is 12.1 Å². The van der Waals surface area contributed by atoms with Crippen LogP contribution in [0.5, 0.6) is 5.75 Å². The number of aromatic nitrogens is 1. The topological polar surface area (TPSA) is 25.0 Å². The Balaban J connectivity index is 2.38. The van der Waals surface area contributed by atoms with E-state index < -0.39 is 0 Å². The SMILES string of the molecule is CCCCC(CC)c1c[nH]c2c(OC)cccc12. The molecule has 0 fully saturated rings. The molecule has 1 aromatic heterocycles. The van der Waals surface area contributed by atoms with E-state index in [4.69, 9.17) is 4.74 Å². The summed E-state index contributed by atoms with van der Waals surface area (Å²) in [5.41, 5.74) is 2.57. The monoisotopic (exact) mass is 245 g/mol. The molecular formula is C16H23NO. The second kappa shape index (κ2) is 5.94. The standard InChI is InChI=1S/C16H23NO/c1-4-6-8-12(5-2)14-11-17-16-13(14)9-7-10-15(16)18-3/h7,9-12,17H,4-6,8H2,1-3H3. The maximum atomic E-state index is 5.40. The first-order valence-corrected chi connectivity index (χ1v) is 6.95. The molecule has 0 radical (unpaired) electrons. The van der Waals surface area contributed by atoms with Gasteiger partial charge in [0.2, 0.25) is 0 Å². The van der Waals surface area contributed by atoms with Gasteiger partial charge in [0.1, 0.15) is 5.75 Å². The number of H-pyrrole nitrogens is 1. The van der Waals surface area contributed by atoms with Crippen LogP contribution < -0.4 is 4.74 Å². The third kappa shape index (κ3) is 2.38. The molecule has 0 aliphatic carbocycles. The molecule has 0 saturated heterocycles. The largest absolute Gasteiger partial charge is 0.495 e. The van der Waals surface area contributed by atoms with Crippen molar-refractivity contribution in [3.8, 4) is 5.75 Å². The predicted octanol–water partition coefficient (Wildman–Crippen LogP) is 4.86. The van der Waals surface area contributed by atoms with Gasteiger partial charge < -0.3 is 9.72 Å². The quantitative estimate of drug-likeness (QED) is 0.772. The summed E-state index contributed by atoms with van der Waals surface area (Å²) in [6.45, 7) is 4.53. The van der Waals surface area contributed by atoms with Gasteiger partial charge >= 0.3 is 0 Å². The summed E-state index contributed by atoms with van der Waals surface area (Å²) >= 11 is 0. The molecule has 1 heterocycles. The molecular weight excluding hydrogens is 222 g/mol. The van der Waals surface area contributed by atoms with E-state index in [1.807, 2.05) is 6.07 Å². The van der Waals surface area contributed by atoms with Gasteiger partial charge in [-0.2, -0.15) is 0 Å². The molecule has 1 N–H and O–H groups in total. The zero-order valence-corrected chi connectivity index (χ0v) is 11.6. The molecule has 1 aromatic carbocycles. The average molecular weight is 245 g/mol. The van der Waals surface area contributed by atoms with E-state index in [0.717, 1.165) is 11.3 Å². The van der Waals surface area contributed by atoms with Crippen LogP contribution in [0.2, 0.25) is 0 Å². The van der Waals surface area contributed by atoms with Crippen molar-refractivity contribution >= 4 is 10.9 Å². The fraction of sp³-hybridized carbons (Fsp3) is 0.500. The predicted molar refractivity (Wildman–Crippen MR) is 77.4 cm³/mol. The minimum absolute atomic E-state index is 0.658. The number of benzene rings is 1. The Labute approximate surface area is 109 Å². The number of methoxy groups -OCH3 is 1. The molecule has 2 aromatic rings. The lowest BCUT2D eigenvalue weighted by Gasteiger charge is -2.13. The van der Waals surface area contributed by atoms with Crippen LogP contribution in [0.3, 0.4) is 0 Å². The van der Waals surface area contributed by atoms with Gasteiger partial charge in [-0.3, -0.25) is 0 Å². The normalized spacial score (nSPS) is 12.8. The average Bonchev–Trinajstić information content (AvgIpc) is 2.84. The van der Waals surface area contributed by atoms with E-state index in [9.17, 15) is 0 Å². The summed E-state index contributed by atoms with van der Waals surface area (Å²) < 4.78 is 5.40. The Morgan fingerprint density at radius 1 is 1.28 bits per heavy atom. The first kappa shape index (κ1) is 13.0. The number of fused-ring (bicyclic) bond motifs is 1. The van der Waals surface area contributed by atoms with Crippen LogP contribution in [0, 0.1) is 0 Å². The van der Waals surface area contributed by atoms with Crippen molar-refractivity contribution in [1.29, 1.82) is 0 Å². The van der Waals surface area contributed by atoms with Crippen molar-refractivity contribution in [2.75, 3.05) is 7.11 Å². The zero-order chi connectivity index (χ0) is 13.0. The lowest BCUT2D eigenvalue weighted by molar-refractivity contribution is 0.419. The first-order chi connectivity index (χ1) is 8.81. The van der Waals surface area contributed by atoms with E-state index >= 15 is 0 Å². The highest BCUT2D eigenvalue weighted by molar-refractivity contribution is 5.88. The number of unbranched alkanes of at least 4 members (excludes halogenated alkanes) is 1. The van der Waals surface area contributed by atoms with E-state index in [-0.39, 0.29) is 0 Å². The van der Waals surface area contributed by atoms with Gasteiger partial charge in [0.15, 0.2) is 0 Å². The van der Waals surface area contributed by atoms with Gasteiger partial charge in [-0.25, -0.2) is 0 Å². The van der Waals surface area contributed by atoms with Crippen molar-refractivity contribution in [2.24, 2.45) is 0 Å².